The molecule has 0 atom stereocenters. The van der Waals surface area contributed by atoms with E-state index in [2.05, 4.69) is 36.5 Å². The second kappa shape index (κ2) is 5.04. The van der Waals surface area contributed by atoms with Crippen molar-refractivity contribution in [3.63, 3.8) is 0 Å². The first kappa shape index (κ1) is 7.33. The molecule has 0 N–H and O–H groups in total. The summed E-state index contributed by atoms with van der Waals surface area (Å²) in [6.07, 6.45) is 18.0. The van der Waals surface area contributed by atoms with Crippen molar-refractivity contribution < 1.29 is 0 Å². The van der Waals surface area contributed by atoms with Gasteiger partial charge in [-0.3, -0.25) is 0 Å². The van der Waals surface area contributed by atoms with E-state index in [0.29, 0.717) is 0 Å². The standard InChI is InChI=1S/C10H14/c1-2-4-6-8-10-9-7-5-3-1/h1-6H,7-10H2/b2-1-,5-3-,6-4?. The molecule has 0 aromatic carbocycles. The summed E-state index contributed by atoms with van der Waals surface area (Å²) in [6, 6.07) is 0. The van der Waals surface area contributed by atoms with Gasteiger partial charge < -0.3 is 0 Å². The molecule has 0 heterocycles. The average Bonchev–Trinajstić information content (AvgIpc) is 2.01. The van der Waals surface area contributed by atoms with Gasteiger partial charge in [0.1, 0.15) is 0 Å². The van der Waals surface area contributed by atoms with Gasteiger partial charge in [-0.25, -0.2) is 0 Å². The molecule has 0 aromatic rings. The monoisotopic (exact) mass is 134 g/mol. The predicted octanol–water partition coefficient (Wildman–Crippen LogP) is 3.23. The molecule has 0 unspecified atom stereocenters. The van der Waals surface area contributed by atoms with Gasteiger partial charge >= 0.3 is 0 Å². The minimum Gasteiger partial charge on any atom is -0.0845 e. The highest BCUT2D eigenvalue weighted by molar-refractivity contribution is 5.11. The van der Waals surface area contributed by atoms with Crippen LogP contribution >= 0.6 is 0 Å². The van der Waals surface area contributed by atoms with Gasteiger partial charge in [0.15, 0.2) is 0 Å². The lowest BCUT2D eigenvalue weighted by Gasteiger charge is -1.92. The molecular formula is C10H14. The molecule has 0 radical (unpaired) electrons. The van der Waals surface area contributed by atoms with Crippen LogP contribution in [0.15, 0.2) is 36.5 Å². The van der Waals surface area contributed by atoms with Crippen LogP contribution < -0.4 is 0 Å². The van der Waals surface area contributed by atoms with Crippen LogP contribution in [-0.2, 0) is 0 Å². The minimum absolute atomic E-state index is 1.23. The quantitative estimate of drug-likeness (QED) is 0.477. The molecule has 10 heavy (non-hydrogen) atoms. The van der Waals surface area contributed by atoms with Gasteiger partial charge in [-0.15, -0.1) is 0 Å². The second-order valence-corrected chi connectivity index (χ2v) is 2.53. The Hall–Kier alpha value is -0.780. The van der Waals surface area contributed by atoms with Crippen molar-refractivity contribution in [1.29, 1.82) is 0 Å². The van der Waals surface area contributed by atoms with Gasteiger partial charge in [-0.1, -0.05) is 36.5 Å². The highest BCUT2D eigenvalue weighted by Gasteiger charge is 1.83. The van der Waals surface area contributed by atoms with E-state index >= 15 is 0 Å². The Morgan fingerprint density at radius 1 is 0.600 bits per heavy atom. The van der Waals surface area contributed by atoms with Crippen LogP contribution in [0.5, 0.6) is 0 Å². The highest BCUT2D eigenvalue weighted by Crippen LogP contribution is 2.03. The van der Waals surface area contributed by atoms with E-state index in [1.54, 1.807) is 0 Å². The Morgan fingerprint density at radius 2 is 1.10 bits per heavy atom. The Morgan fingerprint density at radius 3 is 1.60 bits per heavy atom. The molecule has 1 aliphatic carbocycles. The van der Waals surface area contributed by atoms with Crippen molar-refractivity contribution in [2.24, 2.45) is 0 Å². The van der Waals surface area contributed by atoms with Gasteiger partial charge in [0.05, 0.1) is 0 Å². The summed E-state index contributed by atoms with van der Waals surface area (Å²) in [6.45, 7) is 0. The Kier molecular flexibility index (Phi) is 3.69. The van der Waals surface area contributed by atoms with Crippen molar-refractivity contribution in [2.45, 2.75) is 25.7 Å². The van der Waals surface area contributed by atoms with Gasteiger partial charge in [-0.2, -0.15) is 0 Å². The third kappa shape index (κ3) is 3.29. The summed E-state index contributed by atoms with van der Waals surface area (Å²) in [4.78, 5) is 0. The van der Waals surface area contributed by atoms with E-state index in [0.717, 1.165) is 0 Å². The summed E-state index contributed by atoms with van der Waals surface area (Å²) in [5, 5.41) is 0. The lowest BCUT2D eigenvalue weighted by Crippen LogP contribution is -1.72. The molecule has 1 aliphatic rings. The number of hydrogen-bond acceptors (Lipinski definition) is 0. The molecule has 0 heteroatoms. The van der Waals surface area contributed by atoms with Crippen molar-refractivity contribution in [3.05, 3.63) is 36.5 Å². The third-order valence-electron chi connectivity index (χ3n) is 1.60. The van der Waals surface area contributed by atoms with Gasteiger partial charge in [0.25, 0.3) is 0 Å². The molecule has 0 nitrogen and oxygen atoms in total. The maximum absolute atomic E-state index is 2.23. The smallest absolute Gasteiger partial charge is 0.0347 e. The maximum Gasteiger partial charge on any atom is -0.0347 e. The Bertz CT molecular complexity index is 131. The van der Waals surface area contributed by atoms with Gasteiger partial charge in [0.2, 0.25) is 0 Å². The van der Waals surface area contributed by atoms with Crippen LogP contribution in [0.1, 0.15) is 25.7 Å². The fourth-order valence-electron chi connectivity index (χ4n) is 1.00. The van der Waals surface area contributed by atoms with Crippen molar-refractivity contribution in [2.75, 3.05) is 0 Å². The third-order valence-corrected chi connectivity index (χ3v) is 1.60. The van der Waals surface area contributed by atoms with Crippen molar-refractivity contribution >= 4 is 0 Å². The summed E-state index contributed by atoms with van der Waals surface area (Å²) < 4.78 is 0. The fraction of sp³-hybridized carbons (Fsp3) is 0.400. The number of hydrogen-bond donors (Lipinski definition) is 0. The molecule has 0 bridgehead atoms. The predicted molar refractivity (Wildman–Crippen MR) is 45.9 cm³/mol. The first-order valence-electron chi connectivity index (χ1n) is 3.98. The molecule has 0 saturated carbocycles. The fourth-order valence-corrected chi connectivity index (χ4v) is 1.00. The van der Waals surface area contributed by atoms with Gasteiger partial charge in [-0.05, 0) is 25.7 Å². The highest BCUT2D eigenvalue weighted by atomic mass is 13.9. The van der Waals surface area contributed by atoms with E-state index in [1.807, 2.05) is 0 Å². The molecular weight excluding hydrogens is 120 g/mol. The number of allylic oxidation sites excluding steroid dienone is 6. The minimum atomic E-state index is 1.23. The molecule has 0 amide bonds. The number of rotatable bonds is 0. The Balaban J connectivity index is 2.40. The zero-order chi connectivity index (χ0) is 7.07. The largest absolute Gasteiger partial charge is 0.0845 e. The van der Waals surface area contributed by atoms with E-state index in [4.69, 9.17) is 0 Å². The first-order chi connectivity index (χ1) is 5.00. The van der Waals surface area contributed by atoms with Gasteiger partial charge in [0, 0.05) is 0 Å². The molecule has 1 rings (SSSR count). The van der Waals surface area contributed by atoms with E-state index < -0.39 is 0 Å². The van der Waals surface area contributed by atoms with Crippen molar-refractivity contribution in [3.8, 4) is 0 Å². The SMILES string of the molecule is C1=CCCCC/C=C\C=C/1. The second-order valence-electron chi connectivity index (χ2n) is 2.53. The molecule has 0 fully saturated rings. The van der Waals surface area contributed by atoms with Crippen molar-refractivity contribution in [1.82, 2.24) is 0 Å². The lowest BCUT2D eigenvalue weighted by atomic mass is 10.1. The van der Waals surface area contributed by atoms with E-state index in [-0.39, 0.29) is 0 Å². The van der Waals surface area contributed by atoms with Crippen LogP contribution in [0, 0.1) is 0 Å². The molecule has 54 valence electrons. The summed E-state index contributed by atoms with van der Waals surface area (Å²) in [5.41, 5.74) is 0. The lowest BCUT2D eigenvalue weighted by molar-refractivity contribution is 0.762. The molecule has 0 aromatic heterocycles. The van der Waals surface area contributed by atoms with Crippen LogP contribution in [0.25, 0.3) is 0 Å². The normalized spacial score (nSPS) is 25.6. The Labute approximate surface area is 62.9 Å². The van der Waals surface area contributed by atoms with Crippen LogP contribution in [0.2, 0.25) is 0 Å². The zero-order valence-electron chi connectivity index (χ0n) is 6.29. The summed E-state index contributed by atoms with van der Waals surface area (Å²) in [7, 11) is 0. The average molecular weight is 134 g/mol. The summed E-state index contributed by atoms with van der Waals surface area (Å²) >= 11 is 0. The van der Waals surface area contributed by atoms with Crippen LogP contribution in [0.4, 0.5) is 0 Å². The van der Waals surface area contributed by atoms with E-state index in [9.17, 15) is 0 Å². The topological polar surface area (TPSA) is 0 Å². The summed E-state index contributed by atoms with van der Waals surface area (Å²) in [5.74, 6) is 0. The zero-order valence-corrected chi connectivity index (χ0v) is 6.29. The van der Waals surface area contributed by atoms with Crippen LogP contribution in [-0.4, -0.2) is 0 Å². The first-order valence-corrected chi connectivity index (χ1v) is 3.98. The molecule has 0 spiro atoms. The molecule has 0 saturated heterocycles. The van der Waals surface area contributed by atoms with E-state index in [1.165, 1.54) is 25.7 Å². The molecule has 0 aliphatic heterocycles. The van der Waals surface area contributed by atoms with Crippen LogP contribution in [0.3, 0.4) is 0 Å². The maximum atomic E-state index is 2.23.